The summed E-state index contributed by atoms with van der Waals surface area (Å²) in [4.78, 5) is 44.1. The number of nitrogens with zero attached hydrogens (tertiary/aromatic N) is 3. The molecule has 0 unspecified atom stereocenters. The Labute approximate surface area is 178 Å². The predicted molar refractivity (Wildman–Crippen MR) is 115 cm³/mol. The van der Waals surface area contributed by atoms with Crippen LogP contribution in [0.3, 0.4) is 0 Å². The van der Waals surface area contributed by atoms with Gasteiger partial charge in [0, 0.05) is 24.5 Å². The second kappa shape index (κ2) is 8.63. The van der Waals surface area contributed by atoms with Crippen LogP contribution in [0.25, 0.3) is 11.1 Å². The predicted octanol–water partition coefficient (Wildman–Crippen LogP) is 2.71. The molecular weight excluding hydrogens is 400 g/mol. The molecule has 162 valence electrons. The zero-order valence-corrected chi connectivity index (χ0v) is 17.5. The molecule has 0 aliphatic carbocycles. The van der Waals surface area contributed by atoms with Crippen molar-refractivity contribution < 1.29 is 18.7 Å². The van der Waals surface area contributed by atoms with Gasteiger partial charge < -0.3 is 19.4 Å². The molecule has 1 saturated heterocycles. The topological polar surface area (TPSA) is 107 Å². The zero-order chi connectivity index (χ0) is 22.0. The Kier molecular flexibility index (Phi) is 5.75. The first-order chi connectivity index (χ1) is 15.0. The molecule has 1 aliphatic heterocycles. The number of aryl methyl sites for hydroxylation is 1. The summed E-state index contributed by atoms with van der Waals surface area (Å²) in [7, 11) is 0. The van der Waals surface area contributed by atoms with Crippen LogP contribution in [-0.4, -0.2) is 41.1 Å². The molecule has 4 rings (SSSR count). The van der Waals surface area contributed by atoms with Gasteiger partial charge in [-0.3, -0.25) is 14.2 Å². The van der Waals surface area contributed by atoms with Gasteiger partial charge in [0.15, 0.2) is 0 Å². The smallest absolute Gasteiger partial charge is 0.342 e. The summed E-state index contributed by atoms with van der Waals surface area (Å²) in [6, 6.07) is 7.63. The first-order valence-corrected chi connectivity index (χ1v) is 10.3. The van der Waals surface area contributed by atoms with Crippen LogP contribution >= 0.6 is 0 Å². The van der Waals surface area contributed by atoms with Gasteiger partial charge in [0.2, 0.25) is 11.6 Å². The minimum absolute atomic E-state index is 0.0150. The number of hydrogen-bond acceptors (Lipinski definition) is 7. The highest BCUT2D eigenvalue weighted by atomic mass is 16.5. The number of nitrogens with one attached hydrogen (secondary N) is 1. The number of hydrogen-bond donors (Lipinski definition) is 1. The van der Waals surface area contributed by atoms with Gasteiger partial charge in [-0.15, -0.1) is 0 Å². The van der Waals surface area contributed by atoms with Crippen molar-refractivity contribution in [1.82, 2.24) is 9.55 Å². The number of rotatable bonds is 6. The number of esters is 1. The average molecular weight is 424 g/mol. The van der Waals surface area contributed by atoms with Crippen LogP contribution < -0.4 is 15.8 Å². The molecule has 3 aromatic rings. The SMILES string of the molecule is CCOC(=O)c1c(C)oc2ncn(CC(=O)Nc3ccc(N4CCCC4)cc3)c(=O)c12. The van der Waals surface area contributed by atoms with Crippen LogP contribution in [-0.2, 0) is 16.1 Å². The molecule has 9 heteroatoms. The standard InChI is InChI=1S/C22H24N4O5/c1-3-30-22(29)18-14(2)31-20-19(18)21(28)26(13-23-20)12-17(27)24-15-6-8-16(9-7-15)25-10-4-5-11-25/h6-9,13H,3-5,10-12H2,1-2H3,(H,24,27). The number of carbonyl (C=O) groups excluding carboxylic acids is 2. The van der Waals surface area contributed by atoms with E-state index in [4.69, 9.17) is 9.15 Å². The number of anilines is 2. The minimum atomic E-state index is -0.655. The Bertz CT molecular complexity index is 1170. The Morgan fingerprint density at radius 2 is 1.90 bits per heavy atom. The fourth-order valence-corrected chi connectivity index (χ4v) is 3.79. The molecule has 1 aliphatic rings. The lowest BCUT2D eigenvalue weighted by atomic mass is 10.2. The van der Waals surface area contributed by atoms with Crippen molar-refractivity contribution >= 4 is 34.4 Å². The van der Waals surface area contributed by atoms with Gasteiger partial charge in [0.1, 0.15) is 29.6 Å². The molecular formula is C22H24N4O5. The van der Waals surface area contributed by atoms with Crippen molar-refractivity contribution in [3.8, 4) is 0 Å². The highest BCUT2D eigenvalue weighted by molar-refractivity contribution is 6.03. The summed E-state index contributed by atoms with van der Waals surface area (Å²) < 4.78 is 11.6. The summed E-state index contributed by atoms with van der Waals surface area (Å²) in [5.74, 6) is -0.786. The van der Waals surface area contributed by atoms with Crippen molar-refractivity contribution in [2.45, 2.75) is 33.2 Å². The van der Waals surface area contributed by atoms with Crippen LogP contribution in [0, 0.1) is 6.92 Å². The number of furan rings is 1. The largest absolute Gasteiger partial charge is 0.462 e. The van der Waals surface area contributed by atoms with Crippen molar-refractivity contribution in [1.29, 1.82) is 0 Å². The van der Waals surface area contributed by atoms with Gasteiger partial charge in [0.25, 0.3) is 5.56 Å². The van der Waals surface area contributed by atoms with Gasteiger partial charge >= 0.3 is 5.97 Å². The molecule has 0 bridgehead atoms. The first kappa shape index (κ1) is 20.6. The minimum Gasteiger partial charge on any atom is -0.462 e. The number of ether oxygens (including phenoxy) is 1. The third-order valence-corrected chi connectivity index (χ3v) is 5.27. The zero-order valence-electron chi connectivity index (χ0n) is 17.5. The van der Waals surface area contributed by atoms with Crippen LogP contribution in [0.15, 0.2) is 39.8 Å². The second-order valence-electron chi connectivity index (χ2n) is 7.40. The Balaban J connectivity index is 1.52. The van der Waals surface area contributed by atoms with Crippen LogP contribution in [0.4, 0.5) is 11.4 Å². The lowest BCUT2D eigenvalue weighted by Crippen LogP contribution is -2.28. The number of aromatic nitrogens is 2. The third kappa shape index (κ3) is 4.16. The summed E-state index contributed by atoms with van der Waals surface area (Å²) in [6.07, 6.45) is 3.62. The second-order valence-corrected chi connectivity index (χ2v) is 7.40. The monoisotopic (exact) mass is 424 g/mol. The molecule has 0 saturated carbocycles. The molecule has 0 atom stereocenters. The highest BCUT2D eigenvalue weighted by Gasteiger charge is 2.24. The number of amides is 1. The summed E-state index contributed by atoms with van der Waals surface area (Å²) in [5.41, 5.74) is 1.32. The van der Waals surface area contributed by atoms with E-state index in [0.717, 1.165) is 23.3 Å². The van der Waals surface area contributed by atoms with E-state index in [0.29, 0.717) is 5.69 Å². The number of benzene rings is 1. The lowest BCUT2D eigenvalue weighted by molar-refractivity contribution is -0.116. The van der Waals surface area contributed by atoms with Gasteiger partial charge in [0.05, 0.1) is 6.61 Å². The number of carbonyl (C=O) groups is 2. The molecule has 0 spiro atoms. The van der Waals surface area contributed by atoms with E-state index in [1.165, 1.54) is 19.2 Å². The summed E-state index contributed by atoms with van der Waals surface area (Å²) in [5, 5.41) is 2.80. The molecule has 31 heavy (non-hydrogen) atoms. The van der Waals surface area contributed by atoms with Gasteiger partial charge in [-0.25, -0.2) is 9.78 Å². The van der Waals surface area contributed by atoms with Crippen molar-refractivity contribution in [3.05, 3.63) is 52.3 Å². The maximum absolute atomic E-state index is 12.9. The quantitative estimate of drug-likeness (QED) is 0.606. The molecule has 0 radical (unpaired) electrons. The van der Waals surface area contributed by atoms with Crippen LogP contribution in [0.2, 0.25) is 0 Å². The van der Waals surface area contributed by atoms with E-state index in [9.17, 15) is 14.4 Å². The van der Waals surface area contributed by atoms with E-state index in [-0.39, 0.29) is 41.5 Å². The van der Waals surface area contributed by atoms with E-state index >= 15 is 0 Å². The Hall–Kier alpha value is -3.62. The molecule has 1 amide bonds. The molecule has 3 heterocycles. The number of fused-ring (bicyclic) bond motifs is 1. The van der Waals surface area contributed by atoms with E-state index in [2.05, 4.69) is 15.2 Å². The fourth-order valence-electron chi connectivity index (χ4n) is 3.79. The first-order valence-electron chi connectivity index (χ1n) is 10.3. The molecule has 2 aromatic heterocycles. The average Bonchev–Trinajstić information content (AvgIpc) is 3.39. The van der Waals surface area contributed by atoms with Crippen molar-refractivity contribution in [2.24, 2.45) is 0 Å². The molecule has 9 nitrogen and oxygen atoms in total. The summed E-state index contributed by atoms with van der Waals surface area (Å²) >= 11 is 0. The third-order valence-electron chi connectivity index (χ3n) is 5.27. The van der Waals surface area contributed by atoms with E-state index in [1.807, 2.05) is 24.3 Å². The fraction of sp³-hybridized carbons (Fsp3) is 0.364. The van der Waals surface area contributed by atoms with Gasteiger partial charge in [-0.05, 0) is 51.0 Å². The van der Waals surface area contributed by atoms with Gasteiger partial charge in [-0.2, -0.15) is 0 Å². The lowest BCUT2D eigenvalue weighted by Gasteiger charge is -2.17. The maximum Gasteiger partial charge on any atom is 0.342 e. The maximum atomic E-state index is 12.9. The van der Waals surface area contributed by atoms with E-state index in [1.54, 1.807) is 13.8 Å². The molecule has 1 fully saturated rings. The Morgan fingerprint density at radius 1 is 1.19 bits per heavy atom. The normalized spacial score (nSPS) is 13.5. The molecule has 1 aromatic carbocycles. The van der Waals surface area contributed by atoms with Crippen molar-refractivity contribution in [2.75, 3.05) is 29.9 Å². The van der Waals surface area contributed by atoms with Crippen molar-refractivity contribution in [3.63, 3.8) is 0 Å². The molecule has 1 N–H and O–H groups in total. The van der Waals surface area contributed by atoms with Crippen LogP contribution in [0.1, 0.15) is 35.9 Å². The van der Waals surface area contributed by atoms with Gasteiger partial charge in [-0.1, -0.05) is 0 Å². The Morgan fingerprint density at radius 3 is 2.58 bits per heavy atom. The summed E-state index contributed by atoms with van der Waals surface area (Å²) in [6.45, 7) is 5.25. The van der Waals surface area contributed by atoms with E-state index < -0.39 is 11.5 Å². The van der Waals surface area contributed by atoms with Crippen LogP contribution in [0.5, 0.6) is 0 Å². The highest BCUT2D eigenvalue weighted by Crippen LogP contribution is 2.23.